The maximum absolute atomic E-state index is 11.3. The molecule has 3 heteroatoms. The number of aryl methyl sites for hydroxylation is 2. The van der Waals surface area contributed by atoms with Crippen LogP contribution in [0.5, 0.6) is 0 Å². The molecule has 3 nitrogen and oxygen atoms in total. The third-order valence-electron chi connectivity index (χ3n) is 2.37. The minimum Gasteiger partial charge on any atom is -0.421 e. The lowest BCUT2D eigenvalue weighted by molar-refractivity contribution is 0.563. The number of nitrogens with two attached hydrogens (primary N) is 1. The summed E-state index contributed by atoms with van der Waals surface area (Å²) >= 11 is 0. The highest BCUT2D eigenvalue weighted by Gasteiger charge is 2.07. The van der Waals surface area contributed by atoms with Crippen LogP contribution < -0.4 is 11.4 Å². The fourth-order valence-electron chi connectivity index (χ4n) is 1.48. The topological polar surface area (TPSA) is 56.2 Å². The van der Waals surface area contributed by atoms with Gasteiger partial charge in [0.05, 0.1) is 0 Å². The van der Waals surface area contributed by atoms with E-state index in [9.17, 15) is 4.79 Å². The summed E-state index contributed by atoms with van der Waals surface area (Å²) in [5.41, 5.74) is 7.76. The van der Waals surface area contributed by atoms with Crippen LogP contribution in [-0.2, 0) is 0 Å². The van der Waals surface area contributed by atoms with Crippen molar-refractivity contribution in [3.8, 4) is 0 Å². The van der Waals surface area contributed by atoms with Crippen LogP contribution in [0.1, 0.15) is 11.1 Å². The smallest absolute Gasteiger partial charge is 0.359 e. The molecule has 1 aromatic heterocycles. The molecule has 0 unspecified atom stereocenters. The zero-order chi connectivity index (χ0) is 10.3. The van der Waals surface area contributed by atoms with Gasteiger partial charge in [0.2, 0.25) is 0 Å². The van der Waals surface area contributed by atoms with Gasteiger partial charge in [0.25, 0.3) is 0 Å². The highest BCUT2D eigenvalue weighted by Crippen LogP contribution is 2.21. The van der Waals surface area contributed by atoms with E-state index in [0.29, 0.717) is 5.58 Å². The molecule has 2 aromatic rings. The van der Waals surface area contributed by atoms with E-state index in [0.717, 1.165) is 16.5 Å². The average Bonchev–Trinajstić information content (AvgIpc) is 2.14. The summed E-state index contributed by atoms with van der Waals surface area (Å²) in [4.78, 5) is 11.3. The van der Waals surface area contributed by atoms with E-state index in [1.54, 1.807) is 0 Å². The maximum atomic E-state index is 11.3. The van der Waals surface area contributed by atoms with Crippen LogP contribution in [-0.4, -0.2) is 0 Å². The van der Waals surface area contributed by atoms with Crippen LogP contribution in [0.25, 0.3) is 11.0 Å². The summed E-state index contributed by atoms with van der Waals surface area (Å²) in [5, 5.41) is 0.896. The molecule has 0 aliphatic heterocycles. The SMILES string of the molecule is Cc1ccc2c(C)c(N)c(=O)oc2c1. The van der Waals surface area contributed by atoms with E-state index in [2.05, 4.69) is 0 Å². The molecule has 0 fully saturated rings. The number of nitrogen functional groups attached to an aromatic ring is 1. The van der Waals surface area contributed by atoms with E-state index in [1.807, 2.05) is 32.0 Å². The molecule has 0 saturated carbocycles. The second-order valence-electron chi connectivity index (χ2n) is 3.43. The van der Waals surface area contributed by atoms with E-state index >= 15 is 0 Å². The van der Waals surface area contributed by atoms with Crippen molar-refractivity contribution in [1.29, 1.82) is 0 Å². The fraction of sp³-hybridized carbons (Fsp3) is 0.182. The van der Waals surface area contributed by atoms with Gasteiger partial charge in [-0.15, -0.1) is 0 Å². The van der Waals surface area contributed by atoms with Crippen molar-refractivity contribution in [2.24, 2.45) is 0 Å². The Morgan fingerprint density at radius 2 is 2.00 bits per heavy atom. The Morgan fingerprint density at radius 3 is 2.71 bits per heavy atom. The quantitative estimate of drug-likeness (QED) is 0.645. The molecule has 2 rings (SSSR count). The van der Waals surface area contributed by atoms with Crippen LogP contribution in [0.2, 0.25) is 0 Å². The van der Waals surface area contributed by atoms with Gasteiger partial charge in [-0.3, -0.25) is 0 Å². The summed E-state index contributed by atoms with van der Waals surface area (Å²) in [6, 6.07) is 5.72. The molecule has 0 aliphatic rings. The Bertz CT molecular complexity index is 555. The van der Waals surface area contributed by atoms with Crippen molar-refractivity contribution in [2.75, 3.05) is 5.73 Å². The number of benzene rings is 1. The Kier molecular flexibility index (Phi) is 1.81. The molecule has 0 amide bonds. The monoisotopic (exact) mass is 189 g/mol. The van der Waals surface area contributed by atoms with Gasteiger partial charge in [-0.05, 0) is 31.0 Å². The van der Waals surface area contributed by atoms with Gasteiger partial charge in [-0.2, -0.15) is 0 Å². The second kappa shape index (κ2) is 2.87. The number of hydrogen-bond acceptors (Lipinski definition) is 3. The molecule has 0 spiro atoms. The third-order valence-corrected chi connectivity index (χ3v) is 2.37. The summed E-state index contributed by atoms with van der Waals surface area (Å²) in [6.45, 7) is 3.77. The minimum absolute atomic E-state index is 0.196. The first-order chi connectivity index (χ1) is 6.59. The number of hydrogen-bond donors (Lipinski definition) is 1. The van der Waals surface area contributed by atoms with Crippen LogP contribution in [0.15, 0.2) is 27.4 Å². The lowest BCUT2D eigenvalue weighted by Gasteiger charge is -2.03. The first-order valence-electron chi connectivity index (χ1n) is 4.39. The first kappa shape index (κ1) is 8.81. The van der Waals surface area contributed by atoms with Crippen molar-refractivity contribution >= 4 is 16.7 Å². The first-order valence-corrected chi connectivity index (χ1v) is 4.39. The van der Waals surface area contributed by atoms with Gasteiger partial charge in [-0.25, -0.2) is 4.79 Å². The van der Waals surface area contributed by atoms with E-state index < -0.39 is 5.63 Å². The molecule has 0 bridgehead atoms. The van der Waals surface area contributed by atoms with Crippen LogP contribution >= 0.6 is 0 Å². The lowest BCUT2D eigenvalue weighted by Crippen LogP contribution is -2.08. The largest absolute Gasteiger partial charge is 0.421 e. The van der Waals surface area contributed by atoms with E-state index in [-0.39, 0.29) is 5.69 Å². The molecule has 72 valence electrons. The van der Waals surface area contributed by atoms with Crippen molar-refractivity contribution in [1.82, 2.24) is 0 Å². The number of fused-ring (bicyclic) bond motifs is 1. The second-order valence-corrected chi connectivity index (χ2v) is 3.43. The standard InChI is InChI=1S/C11H11NO2/c1-6-3-4-8-7(2)10(12)11(13)14-9(8)5-6/h3-5H,12H2,1-2H3. The molecule has 2 N–H and O–H groups in total. The van der Waals surface area contributed by atoms with Crippen molar-refractivity contribution in [2.45, 2.75) is 13.8 Å². The molecule has 0 saturated heterocycles. The Labute approximate surface area is 81.1 Å². The molecule has 1 heterocycles. The Morgan fingerprint density at radius 1 is 1.29 bits per heavy atom. The highest BCUT2D eigenvalue weighted by atomic mass is 16.4. The molecule has 1 aromatic carbocycles. The van der Waals surface area contributed by atoms with Crippen LogP contribution in [0, 0.1) is 13.8 Å². The summed E-state index contributed by atoms with van der Waals surface area (Å²) in [6.07, 6.45) is 0. The molecule has 0 atom stereocenters. The molecular formula is C11H11NO2. The Hall–Kier alpha value is -1.77. The summed E-state index contributed by atoms with van der Waals surface area (Å²) in [7, 11) is 0. The van der Waals surface area contributed by atoms with Gasteiger partial charge in [0, 0.05) is 5.39 Å². The fourth-order valence-corrected chi connectivity index (χ4v) is 1.48. The normalized spacial score (nSPS) is 10.7. The van der Waals surface area contributed by atoms with Crippen molar-refractivity contribution in [3.63, 3.8) is 0 Å². The summed E-state index contributed by atoms with van der Waals surface area (Å²) in [5.74, 6) is 0. The Balaban J connectivity index is 2.98. The van der Waals surface area contributed by atoms with Gasteiger partial charge < -0.3 is 10.2 Å². The van der Waals surface area contributed by atoms with Crippen LogP contribution in [0.4, 0.5) is 5.69 Å². The number of rotatable bonds is 0. The predicted molar refractivity (Wildman–Crippen MR) is 56.4 cm³/mol. The average molecular weight is 189 g/mol. The maximum Gasteiger partial charge on any atom is 0.359 e. The predicted octanol–water partition coefficient (Wildman–Crippen LogP) is 1.99. The van der Waals surface area contributed by atoms with Gasteiger partial charge in [0.15, 0.2) is 0 Å². The minimum atomic E-state index is -0.458. The van der Waals surface area contributed by atoms with Gasteiger partial charge in [0.1, 0.15) is 11.3 Å². The lowest BCUT2D eigenvalue weighted by atomic mass is 10.1. The van der Waals surface area contributed by atoms with Crippen molar-refractivity contribution < 1.29 is 4.42 Å². The van der Waals surface area contributed by atoms with Gasteiger partial charge in [-0.1, -0.05) is 12.1 Å². The highest BCUT2D eigenvalue weighted by molar-refractivity contribution is 5.84. The van der Waals surface area contributed by atoms with E-state index in [4.69, 9.17) is 10.2 Å². The summed E-state index contributed by atoms with van der Waals surface area (Å²) < 4.78 is 5.07. The molecule has 0 aliphatic carbocycles. The zero-order valence-corrected chi connectivity index (χ0v) is 8.13. The molecular weight excluding hydrogens is 178 g/mol. The number of anilines is 1. The van der Waals surface area contributed by atoms with E-state index in [1.165, 1.54) is 0 Å². The van der Waals surface area contributed by atoms with Gasteiger partial charge >= 0.3 is 5.63 Å². The third kappa shape index (κ3) is 1.18. The van der Waals surface area contributed by atoms with Crippen LogP contribution in [0.3, 0.4) is 0 Å². The van der Waals surface area contributed by atoms with Crippen molar-refractivity contribution in [3.05, 3.63) is 39.7 Å². The zero-order valence-electron chi connectivity index (χ0n) is 8.13. The molecule has 14 heavy (non-hydrogen) atoms. The molecule has 0 radical (unpaired) electrons.